The van der Waals surface area contributed by atoms with Crippen LogP contribution in [0.3, 0.4) is 0 Å². The third-order valence-corrected chi connectivity index (χ3v) is 4.29. The first-order valence-electron chi connectivity index (χ1n) is 8.49. The molecule has 0 aliphatic carbocycles. The minimum absolute atomic E-state index is 0.0906. The fraction of sp³-hybridized carbons (Fsp3) is 0.350. The zero-order chi connectivity index (χ0) is 18.5. The van der Waals surface area contributed by atoms with Gasteiger partial charge in [0.05, 0.1) is 26.7 Å². The number of carbonyl (C=O) groups is 1. The fourth-order valence-corrected chi connectivity index (χ4v) is 2.86. The van der Waals surface area contributed by atoms with Gasteiger partial charge in [0.25, 0.3) is 0 Å². The van der Waals surface area contributed by atoms with Crippen molar-refractivity contribution in [2.24, 2.45) is 0 Å². The molecule has 6 nitrogen and oxygen atoms in total. The van der Waals surface area contributed by atoms with Crippen LogP contribution in [-0.4, -0.2) is 38.9 Å². The third kappa shape index (κ3) is 4.02. The lowest BCUT2D eigenvalue weighted by Crippen LogP contribution is -2.48. The summed E-state index contributed by atoms with van der Waals surface area (Å²) in [6.07, 6.45) is 0.00810. The Hall–Kier alpha value is -2.89. The number of hydrogen-bond acceptors (Lipinski definition) is 5. The van der Waals surface area contributed by atoms with Crippen molar-refractivity contribution >= 4 is 5.91 Å². The van der Waals surface area contributed by atoms with Crippen molar-refractivity contribution in [1.29, 1.82) is 0 Å². The SMILES string of the molecule is COc1ccc(CC(=O)N[C@@H](C)[C@@H]2COc3ccccc3O2)cc1OC. The van der Waals surface area contributed by atoms with Gasteiger partial charge in [0.2, 0.25) is 5.91 Å². The molecule has 1 heterocycles. The van der Waals surface area contributed by atoms with Crippen LogP contribution in [0.1, 0.15) is 12.5 Å². The van der Waals surface area contributed by atoms with Gasteiger partial charge in [-0.1, -0.05) is 18.2 Å². The largest absolute Gasteiger partial charge is 0.493 e. The molecule has 0 radical (unpaired) electrons. The standard InChI is InChI=1S/C20H23NO5/c1-13(19-12-25-16-6-4-5-7-17(16)26-19)21-20(22)11-14-8-9-15(23-2)18(10-14)24-3/h4-10,13,19H,11-12H2,1-3H3,(H,21,22)/t13-,19-/m0/s1. The number of hydrogen-bond donors (Lipinski definition) is 1. The highest BCUT2D eigenvalue weighted by Crippen LogP contribution is 2.31. The second kappa shape index (κ2) is 7.99. The molecule has 2 aromatic rings. The zero-order valence-corrected chi connectivity index (χ0v) is 15.2. The van der Waals surface area contributed by atoms with Crippen LogP contribution in [0.5, 0.6) is 23.0 Å². The first kappa shape index (κ1) is 17.9. The van der Waals surface area contributed by atoms with Crippen LogP contribution in [0.25, 0.3) is 0 Å². The van der Waals surface area contributed by atoms with Gasteiger partial charge in [-0.2, -0.15) is 0 Å². The lowest BCUT2D eigenvalue weighted by Gasteiger charge is -2.30. The Morgan fingerprint density at radius 1 is 1.15 bits per heavy atom. The summed E-state index contributed by atoms with van der Waals surface area (Å²) in [6.45, 7) is 2.31. The quantitative estimate of drug-likeness (QED) is 0.861. The minimum Gasteiger partial charge on any atom is -0.493 e. The van der Waals surface area contributed by atoms with Crippen molar-refractivity contribution < 1.29 is 23.7 Å². The van der Waals surface area contributed by atoms with E-state index in [1.165, 1.54) is 0 Å². The first-order valence-corrected chi connectivity index (χ1v) is 8.49. The Labute approximate surface area is 153 Å². The molecule has 2 aromatic carbocycles. The molecule has 2 atom stereocenters. The molecule has 0 saturated carbocycles. The maximum Gasteiger partial charge on any atom is 0.224 e. The molecule has 0 aromatic heterocycles. The number of para-hydroxylation sites is 2. The van der Waals surface area contributed by atoms with Crippen LogP contribution in [-0.2, 0) is 11.2 Å². The van der Waals surface area contributed by atoms with Crippen molar-refractivity contribution in [3.63, 3.8) is 0 Å². The normalized spacial score (nSPS) is 16.5. The Morgan fingerprint density at radius 3 is 2.62 bits per heavy atom. The van der Waals surface area contributed by atoms with Gasteiger partial charge in [-0.05, 0) is 36.8 Å². The fourth-order valence-electron chi connectivity index (χ4n) is 2.86. The van der Waals surface area contributed by atoms with Crippen LogP contribution in [0.2, 0.25) is 0 Å². The molecule has 0 fully saturated rings. The number of ether oxygens (including phenoxy) is 4. The second-order valence-electron chi connectivity index (χ2n) is 6.14. The van der Waals surface area contributed by atoms with Crippen molar-refractivity contribution in [3.8, 4) is 23.0 Å². The minimum atomic E-state index is -0.237. The van der Waals surface area contributed by atoms with Crippen LogP contribution in [0.15, 0.2) is 42.5 Å². The molecule has 1 amide bonds. The second-order valence-corrected chi connectivity index (χ2v) is 6.14. The summed E-state index contributed by atoms with van der Waals surface area (Å²) in [5.41, 5.74) is 0.846. The molecule has 1 aliphatic heterocycles. The monoisotopic (exact) mass is 357 g/mol. The highest BCUT2D eigenvalue weighted by Gasteiger charge is 2.27. The molecule has 0 bridgehead atoms. The Morgan fingerprint density at radius 2 is 1.88 bits per heavy atom. The van der Waals surface area contributed by atoms with Gasteiger partial charge < -0.3 is 24.3 Å². The molecule has 1 N–H and O–H groups in total. The van der Waals surface area contributed by atoms with Gasteiger partial charge in [0.15, 0.2) is 29.1 Å². The zero-order valence-electron chi connectivity index (χ0n) is 15.2. The molecule has 26 heavy (non-hydrogen) atoms. The number of benzene rings is 2. The van der Waals surface area contributed by atoms with Crippen LogP contribution >= 0.6 is 0 Å². The Kier molecular flexibility index (Phi) is 5.51. The van der Waals surface area contributed by atoms with E-state index in [9.17, 15) is 4.79 Å². The number of nitrogens with one attached hydrogen (secondary N) is 1. The third-order valence-electron chi connectivity index (χ3n) is 4.29. The molecule has 1 aliphatic rings. The van der Waals surface area contributed by atoms with Crippen LogP contribution in [0.4, 0.5) is 0 Å². The highest BCUT2D eigenvalue weighted by atomic mass is 16.6. The van der Waals surface area contributed by atoms with Gasteiger partial charge in [-0.15, -0.1) is 0 Å². The average molecular weight is 357 g/mol. The predicted octanol–water partition coefficient (Wildman–Crippen LogP) is 2.59. The van der Waals surface area contributed by atoms with E-state index in [0.717, 1.165) is 11.3 Å². The molecule has 3 rings (SSSR count). The van der Waals surface area contributed by atoms with Crippen molar-refractivity contribution in [1.82, 2.24) is 5.32 Å². The van der Waals surface area contributed by atoms with E-state index >= 15 is 0 Å². The van der Waals surface area contributed by atoms with E-state index in [-0.39, 0.29) is 24.5 Å². The first-order chi connectivity index (χ1) is 12.6. The summed E-state index contributed by atoms with van der Waals surface area (Å²) in [7, 11) is 3.15. The predicted molar refractivity (Wildman–Crippen MR) is 97.2 cm³/mol. The molecular formula is C20H23NO5. The van der Waals surface area contributed by atoms with Gasteiger partial charge in [-0.3, -0.25) is 4.79 Å². The Bertz CT molecular complexity index is 777. The molecule has 0 spiro atoms. The van der Waals surface area contributed by atoms with Crippen LogP contribution < -0.4 is 24.3 Å². The Balaban J connectivity index is 1.58. The molecular weight excluding hydrogens is 334 g/mol. The van der Waals surface area contributed by atoms with E-state index in [4.69, 9.17) is 18.9 Å². The van der Waals surface area contributed by atoms with E-state index in [1.807, 2.05) is 37.3 Å². The lowest BCUT2D eigenvalue weighted by molar-refractivity contribution is -0.121. The highest BCUT2D eigenvalue weighted by molar-refractivity contribution is 5.79. The maximum absolute atomic E-state index is 12.4. The van der Waals surface area contributed by atoms with Gasteiger partial charge >= 0.3 is 0 Å². The van der Waals surface area contributed by atoms with Gasteiger partial charge in [-0.25, -0.2) is 0 Å². The number of fused-ring (bicyclic) bond motifs is 1. The van der Waals surface area contributed by atoms with Crippen molar-refractivity contribution in [2.75, 3.05) is 20.8 Å². The topological polar surface area (TPSA) is 66.0 Å². The van der Waals surface area contributed by atoms with Crippen molar-refractivity contribution in [2.45, 2.75) is 25.5 Å². The molecule has 0 saturated heterocycles. The van der Waals surface area contributed by atoms with Crippen LogP contribution in [0, 0.1) is 0 Å². The number of carbonyl (C=O) groups excluding carboxylic acids is 1. The molecule has 6 heteroatoms. The summed E-state index contributed by atoms with van der Waals surface area (Å²) in [4.78, 5) is 12.4. The smallest absolute Gasteiger partial charge is 0.224 e. The summed E-state index contributed by atoms with van der Waals surface area (Å²) in [5, 5.41) is 2.98. The number of rotatable bonds is 6. The summed E-state index contributed by atoms with van der Waals surface area (Å²) < 4.78 is 22.1. The van der Waals surface area contributed by atoms with Crippen molar-refractivity contribution in [3.05, 3.63) is 48.0 Å². The number of methoxy groups -OCH3 is 2. The van der Waals surface area contributed by atoms with Gasteiger partial charge in [0, 0.05) is 0 Å². The summed E-state index contributed by atoms with van der Waals surface area (Å²) >= 11 is 0. The summed E-state index contributed by atoms with van der Waals surface area (Å²) in [5.74, 6) is 2.58. The summed E-state index contributed by atoms with van der Waals surface area (Å²) in [6, 6.07) is 12.8. The molecule has 138 valence electrons. The lowest BCUT2D eigenvalue weighted by atomic mass is 10.1. The van der Waals surface area contributed by atoms with E-state index in [0.29, 0.717) is 23.9 Å². The van der Waals surface area contributed by atoms with E-state index < -0.39 is 0 Å². The molecule has 0 unspecified atom stereocenters. The average Bonchev–Trinajstić information content (AvgIpc) is 2.67. The van der Waals surface area contributed by atoms with E-state index in [2.05, 4.69) is 5.32 Å². The van der Waals surface area contributed by atoms with E-state index in [1.54, 1.807) is 26.4 Å². The van der Waals surface area contributed by atoms with Gasteiger partial charge in [0.1, 0.15) is 6.61 Å². The maximum atomic E-state index is 12.4. The number of amides is 1.